The molecule has 84 valence electrons. The molecule has 0 bridgehead atoms. The molecule has 1 N–H and O–H groups in total. The zero-order valence-corrected chi connectivity index (χ0v) is 8.43. The second-order valence-corrected chi connectivity index (χ2v) is 3.23. The molecule has 1 unspecified atom stereocenters. The first kappa shape index (κ1) is 12.1. The number of aliphatic hydroxyl groups is 1. The molecule has 15 heavy (non-hydrogen) atoms. The van der Waals surface area contributed by atoms with E-state index < -0.39 is 24.1 Å². The number of methoxy groups -OCH3 is 1. The summed E-state index contributed by atoms with van der Waals surface area (Å²) in [6.45, 7) is 0. The van der Waals surface area contributed by atoms with Crippen molar-refractivity contribution in [2.45, 2.75) is 12.5 Å². The zero-order valence-electron chi connectivity index (χ0n) is 7.68. The molecule has 0 aliphatic rings. The third kappa shape index (κ3) is 2.54. The van der Waals surface area contributed by atoms with Crippen molar-refractivity contribution in [2.24, 2.45) is 0 Å². The second kappa shape index (κ2) is 4.72. The lowest BCUT2D eigenvalue weighted by atomic mass is 10.1. The number of halogens is 4. The fraction of sp³-hybridized carbons (Fsp3) is 0.333. The van der Waals surface area contributed by atoms with Gasteiger partial charge in [0.05, 0.1) is 7.11 Å². The number of alkyl halides is 2. The molecule has 1 atom stereocenters. The van der Waals surface area contributed by atoms with Crippen molar-refractivity contribution in [1.29, 1.82) is 0 Å². The Morgan fingerprint density at radius 1 is 1.40 bits per heavy atom. The molecule has 1 aromatic carbocycles. The summed E-state index contributed by atoms with van der Waals surface area (Å²) in [5.74, 6) is -1.31. The van der Waals surface area contributed by atoms with E-state index in [4.69, 9.17) is 16.7 Å². The third-order valence-electron chi connectivity index (χ3n) is 1.80. The summed E-state index contributed by atoms with van der Waals surface area (Å²) in [6, 6.07) is 1.96. The van der Waals surface area contributed by atoms with Crippen molar-refractivity contribution in [3.05, 3.63) is 28.5 Å². The highest BCUT2D eigenvalue weighted by atomic mass is 35.5. The van der Waals surface area contributed by atoms with Gasteiger partial charge in [-0.1, -0.05) is 11.6 Å². The highest BCUT2D eigenvalue weighted by Crippen LogP contribution is 2.33. The number of hydrogen-bond acceptors (Lipinski definition) is 2. The SMILES string of the molecule is COc1c(F)cc(Cl)cc1C(O)C(F)F. The molecule has 0 spiro atoms. The number of rotatable bonds is 3. The van der Waals surface area contributed by atoms with E-state index in [1.807, 2.05) is 0 Å². The molecular formula is C9H8ClF3O2. The standard InChI is InChI=1S/C9H8ClF3O2/c1-15-8-5(7(14)9(12)13)2-4(10)3-6(8)11/h2-3,7,9,14H,1H3. The smallest absolute Gasteiger partial charge is 0.268 e. The van der Waals surface area contributed by atoms with Gasteiger partial charge in [0.25, 0.3) is 6.43 Å². The first-order valence-corrected chi connectivity index (χ1v) is 4.34. The first-order chi connectivity index (χ1) is 6.97. The lowest BCUT2D eigenvalue weighted by molar-refractivity contribution is -0.00722. The van der Waals surface area contributed by atoms with Crippen LogP contribution in [0.3, 0.4) is 0 Å². The van der Waals surface area contributed by atoms with Crippen molar-refractivity contribution in [2.75, 3.05) is 7.11 Å². The topological polar surface area (TPSA) is 29.5 Å². The Labute approximate surface area is 89.2 Å². The van der Waals surface area contributed by atoms with Gasteiger partial charge in [0.15, 0.2) is 11.6 Å². The fourth-order valence-corrected chi connectivity index (χ4v) is 1.36. The van der Waals surface area contributed by atoms with Crippen molar-refractivity contribution in [3.63, 3.8) is 0 Å². The average Bonchev–Trinajstić information content (AvgIpc) is 2.15. The summed E-state index contributed by atoms with van der Waals surface area (Å²) in [6.07, 6.45) is -5.15. The van der Waals surface area contributed by atoms with Gasteiger partial charge in [0.2, 0.25) is 0 Å². The Hall–Kier alpha value is -0.940. The first-order valence-electron chi connectivity index (χ1n) is 3.96. The van der Waals surface area contributed by atoms with E-state index in [1.165, 1.54) is 0 Å². The van der Waals surface area contributed by atoms with Crippen LogP contribution < -0.4 is 4.74 Å². The van der Waals surface area contributed by atoms with Crippen LogP contribution in [0.25, 0.3) is 0 Å². The Kier molecular flexibility index (Phi) is 3.82. The quantitative estimate of drug-likeness (QED) is 0.880. The maximum absolute atomic E-state index is 13.2. The Balaban J connectivity index is 3.26. The Morgan fingerprint density at radius 3 is 2.47 bits per heavy atom. The molecule has 1 rings (SSSR count). The van der Waals surface area contributed by atoms with Gasteiger partial charge in [-0.15, -0.1) is 0 Å². The molecule has 2 nitrogen and oxygen atoms in total. The Morgan fingerprint density at radius 2 is 2.00 bits per heavy atom. The van der Waals surface area contributed by atoms with Crippen LogP contribution in [0.15, 0.2) is 12.1 Å². The lowest BCUT2D eigenvalue weighted by Crippen LogP contribution is -2.10. The molecule has 0 amide bonds. The largest absolute Gasteiger partial charge is 0.493 e. The number of hydrogen-bond donors (Lipinski definition) is 1. The molecule has 1 aromatic rings. The van der Waals surface area contributed by atoms with Gasteiger partial charge in [-0.05, 0) is 12.1 Å². The van der Waals surface area contributed by atoms with Crippen LogP contribution in [0.2, 0.25) is 5.02 Å². The van der Waals surface area contributed by atoms with Gasteiger partial charge in [0, 0.05) is 10.6 Å². The summed E-state index contributed by atoms with van der Waals surface area (Å²) >= 11 is 5.48. The zero-order chi connectivity index (χ0) is 11.6. The summed E-state index contributed by atoms with van der Waals surface area (Å²) in [5.41, 5.74) is -0.363. The van der Waals surface area contributed by atoms with Crippen LogP contribution in [0, 0.1) is 5.82 Å². The molecule has 0 aliphatic heterocycles. The minimum atomic E-state index is -3.03. The van der Waals surface area contributed by atoms with Crippen molar-refractivity contribution in [1.82, 2.24) is 0 Å². The number of benzene rings is 1. The Bertz CT molecular complexity index is 357. The van der Waals surface area contributed by atoms with Crippen LogP contribution in [-0.4, -0.2) is 18.6 Å². The van der Waals surface area contributed by atoms with Crippen LogP contribution >= 0.6 is 11.6 Å². The normalized spacial score (nSPS) is 13.0. The lowest BCUT2D eigenvalue weighted by Gasteiger charge is -2.14. The maximum atomic E-state index is 13.2. The van der Waals surface area contributed by atoms with Crippen LogP contribution in [0.1, 0.15) is 11.7 Å². The highest BCUT2D eigenvalue weighted by molar-refractivity contribution is 6.30. The molecular weight excluding hydrogens is 233 g/mol. The minimum absolute atomic E-state index is 0.0806. The van der Waals surface area contributed by atoms with Crippen molar-refractivity contribution < 1.29 is 23.0 Å². The summed E-state index contributed by atoms with van der Waals surface area (Å²) in [4.78, 5) is 0. The van der Waals surface area contributed by atoms with Crippen molar-refractivity contribution >= 4 is 11.6 Å². The van der Waals surface area contributed by atoms with E-state index in [9.17, 15) is 13.2 Å². The van der Waals surface area contributed by atoms with E-state index in [0.717, 1.165) is 19.2 Å². The predicted molar refractivity (Wildman–Crippen MR) is 48.9 cm³/mol. The van der Waals surface area contributed by atoms with Gasteiger partial charge >= 0.3 is 0 Å². The summed E-state index contributed by atoms with van der Waals surface area (Å²) < 4.78 is 42.2. The van der Waals surface area contributed by atoms with E-state index in [1.54, 1.807) is 0 Å². The molecule has 6 heteroatoms. The molecule has 0 aromatic heterocycles. The van der Waals surface area contributed by atoms with Gasteiger partial charge in [-0.2, -0.15) is 0 Å². The number of ether oxygens (including phenoxy) is 1. The third-order valence-corrected chi connectivity index (χ3v) is 2.02. The van der Waals surface area contributed by atoms with E-state index in [2.05, 4.69) is 4.74 Å². The van der Waals surface area contributed by atoms with E-state index >= 15 is 0 Å². The molecule has 0 heterocycles. The summed E-state index contributed by atoms with van der Waals surface area (Å²) in [7, 11) is 1.12. The fourth-order valence-electron chi connectivity index (χ4n) is 1.15. The van der Waals surface area contributed by atoms with Gasteiger partial charge in [-0.25, -0.2) is 13.2 Å². The second-order valence-electron chi connectivity index (χ2n) is 2.79. The minimum Gasteiger partial charge on any atom is -0.493 e. The van der Waals surface area contributed by atoms with Crippen molar-refractivity contribution in [3.8, 4) is 5.75 Å². The monoisotopic (exact) mass is 240 g/mol. The van der Waals surface area contributed by atoms with Crippen LogP contribution in [0.5, 0.6) is 5.75 Å². The molecule has 0 saturated carbocycles. The van der Waals surface area contributed by atoms with Crippen LogP contribution in [0.4, 0.5) is 13.2 Å². The summed E-state index contributed by atoms with van der Waals surface area (Å²) in [5, 5.41) is 9.02. The average molecular weight is 241 g/mol. The molecule has 0 fully saturated rings. The number of aliphatic hydroxyl groups excluding tert-OH is 1. The highest BCUT2D eigenvalue weighted by Gasteiger charge is 2.25. The van der Waals surface area contributed by atoms with Crippen LogP contribution in [-0.2, 0) is 0 Å². The van der Waals surface area contributed by atoms with Gasteiger partial charge < -0.3 is 9.84 Å². The molecule has 0 saturated heterocycles. The predicted octanol–water partition coefficient (Wildman–Crippen LogP) is 2.79. The van der Waals surface area contributed by atoms with Gasteiger partial charge in [-0.3, -0.25) is 0 Å². The van der Waals surface area contributed by atoms with E-state index in [0.29, 0.717) is 0 Å². The molecule has 0 aliphatic carbocycles. The van der Waals surface area contributed by atoms with E-state index in [-0.39, 0.29) is 10.6 Å². The molecule has 0 radical (unpaired) electrons. The maximum Gasteiger partial charge on any atom is 0.268 e. The van der Waals surface area contributed by atoms with Gasteiger partial charge in [0.1, 0.15) is 6.10 Å².